The highest BCUT2D eigenvalue weighted by molar-refractivity contribution is 5.91. The molecule has 0 heterocycles. The van der Waals surface area contributed by atoms with Crippen LogP contribution in [-0.4, -0.2) is 19.2 Å². The van der Waals surface area contributed by atoms with Gasteiger partial charge in [0.25, 0.3) is 0 Å². The van der Waals surface area contributed by atoms with Crippen molar-refractivity contribution < 1.29 is 19.0 Å². The van der Waals surface area contributed by atoms with Crippen LogP contribution in [0.2, 0.25) is 0 Å². The molecule has 0 amide bonds. The van der Waals surface area contributed by atoms with Crippen molar-refractivity contribution in [3.8, 4) is 17.2 Å². The van der Waals surface area contributed by atoms with E-state index in [-0.39, 0.29) is 5.97 Å². The minimum atomic E-state index is -0.384. The summed E-state index contributed by atoms with van der Waals surface area (Å²) in [6, 6.07) is 14.2. The Balaban J connectivity index is 1.36. The standard InChI is InChI=1S/C27H36O4/c1-3-6-21-8-10-22(11-9-21)7-5-20-30-25-16-18-26(19-17-25)31-27(28)23-12-14-24(15-13-23)29-4-2/h12-19,21-22H,3-11,20H2,1-2H3/t21-,22-. The second-order valence-electron chi connectivity index (χ2n) is 8.48. The number of esters is 1. The number of ether oxygens (including phenoxy) is 3. The molecule has 1 aliphatic carbocycles. The summed E-state index contributed by atoms with van der Waals surface area (Å²) in [7, 11) is 0. The SMILES string of the molecule is CCC[C@H]1CC[C@H](CCCOc2ccc(OC(=O)c3ccc(OCC)cc3)cc2)CC1. The highest BCUT2D eigenvalue weighted by Crippen LogP contribution is 2.33. The minimum absolute atomic E-state index is 0.384. The van der Waals surface area contributed by atoms with E-state index in [1.807, 2.05) is 19.1 Å². The lowest BCUT2D eigenvalue weighted by Gasteiger charge is -2.28. The largest absolute Gasteiger partial charge is 0.494 e. The Morgan fingerprint density at radius 3 is 1.94 bits per heavy atom. The van der Waals surface area contributed by atoms with E-state index < -0.39 is 0 Å². The lowest BCUT2D eigenvalue weighted by molar-refractivity contribution is 0.0734. The minimum Gasteiger partial charge on any atom is -0.494 e. The summed E-state index contributed by atoms with van der Waals surface area (Å²) in [4.78, 5) is 12.3. The van der Waals surface area contributed by atoms with Crippen LogP contribution in [0.3, 0.4) is 0 Å². The monoisotopic (exact) mass is 424 g/mol. The molecule has 1 aliphatic rings. The molecule has 168 valence electrons. The molecule has 0 aliphatic heterocycles. The van der Waals surface area contributed by atoms with Crippen molar-refractivity contribution >= 4 is 5.97 Å². The van der Waals surface area contributed by atoms with Crippen LogP contribution < -0.4 is 14.2 Å². The van der Waals surface area contributed by atoms with E-state index in [4.69, 9.17) is 14.2 Å². The third-order valence-electron chi connectivity index (χ3n) is 6.12. The quantitative estimate of drug-likeness (QED) is 0.220. The fraction of sp³-hybridized carbons (Fsp3) is 0.519. The molecule has 0 saturated heterocycles. The third-order valence-corrected chi connectivity index (χ3v) is 6.12. The van der Waals surface area contributed by atoms with Gasteiger partial charge in [-0.25, -0.2) is 4.79 Å². The first-order valence-corrected chi connectivity index (χ1v) is 11.9. The zero-order valence-electron chi connectivity index (χ0n) is 19.0. The molecular formula is C27H36O4. The van der Waals surface area contributed by atoms with Gasteiger partial charge in [-0.05, 0) is 80.1 Å². The molecule has 4 nitrogen and oxygen atoms in total. The fourth-order valence-corrected chi connectivity index (χ4v) is 4.40. The molecule has 0 aromatic heterocycles. The number of carbonyl (C=O) groups is 1. The second-order valence-corrected chi connectivity index (χ2v) is 8.48. The van der Waals surface area contributed by atoms with Gasteiger partial charge >= 0.3 is 5.97 Å². The Bertz CT molecular complexity index is 774. The van der Waals surface area contributed by atoms with Gasteiger partial charge in [-0.2, -0.15) is 0 Å². The molecule has 0 unspecified atom stereocenters. The molecular weight excluding hydrogens is 388 g/mol. The smallest absolute Gasteiger partial charge is 0.343 e. The van der Waals surface area contributed by atoms with Crippen molar-refractivity contribution in [2.75, 3.05) is 13.2 Å². The molecule has 1 saturated carbocycles. The maximum absolute atomic E-state index is 12.3. The van der Waals surface area contributed by atoms with Gasteiger partial charge in [0.2, 0.25) is 0 Å². The summed E-state index contributed by atoms with van der Waals surface area (Å²) in [6.07, 6.45) is 10.7. The van der Waals surface area contributed by atoms with Crippen LogP contribution in [0, 0.1) is 11.8 Å². The number of benzene rings is 2. The predicted octanol–water partition coefficient (Wildman–Crippen LogP) is 7.07. The summed E-state index contributed by atoms with van der Waals surface area (Å²) in [5.41, 5.74) is 0.493. The number of rotatable bonds is 11. The van der Waals surface area contributed by atoms with Crippen LogP contribution >= 0.6 is 0 Å². The first kappa shape index (κ1) is 23.2. The van der Waals surface area contributed by atoms with Gasteiger partial charge in [-0.1, -0.05) is 45.4 Å². The number of hydrogen-bond acceptors (Lipinski definition) is 4. The Kier molecular flexibility index (Phi) is 9.26. The van der Waals surface area contributed by atoms with Gasteiger partial charge < -0.3 is 14.2 Å². The Labute approximate surface area is 186 Å². The van der Waals surface area contributed by atoms with Crippen LogP contribution in [-0.2, 0) is 0 Å². The van der Waals surface area contributed by atoms with Gasteiger partial charge in [0.15, 0.2) is 0 Å². The molecule has 0 spiro atoms. The lowest BCUT2D eigenvalue weighted by atomic mass is 9.78. The molecule has 0 bridgehead atoms. The molecule has 0 atom stereocenters. The summed E-state index contributed by atoms with van der Waals surface area (Å²) in [6.45, 7) is 5.55. The molecule has 1 fully saturated rings. The molecule has 0 radical (unpaired) electrons. The van der Waals surface area contributed by atoms with Gasteiger partial charge in [-0.3, -0.25) is 0 Å². The zero-order chi connectivity index (χ0) is 21.9. The van der Waals surface area contributed by atoms with E-state index >= 15 is 0 Å². The summed E-state index contributed by atoms with van der Waals surface area (Å²) < 4.78 is 16.7. The second kappa shape index (κ2) is 12.4. The van der Waals surface area contributed by atoms with Crippen LogP contribution in [0.4, 0.5) is 0 Å². The maximum Gasteiger partial charge on any atom is 0.343 e. The summed E-state index contributed by atoms with van der Waals surface area (Å²) >= 11 is 0. The molecule has 4 heteroatoms. The Morgan fingerprint density at radius 2 is 1.32 bits per heavy atom. The van der Waals surface area contributed by atoms with Crippen molar-refractivity contribution in [2.45, 2.75) is 65.2 Å². The average Bonchev–Trinajstić information content (AvgIpc) is 2.80. The highest BCUT2D eigenvalue weighted by Gasteiger charge is 2.20. The van der Waals surface area contributed by atoms with Crippen LogP contribution in [0.25, 0.3) is 0 Å². The van der Waals surface area contributed by atoms with Gasteiger partial charge in [0.1, 0.15) is 17.2 Å². The van der Waals surface area contributed by atoms with E-state index in [0.29, 0.717) is 17.9 Å². The van der Waals surface area contributed by atoms with Crippen molar-refractivity contribution in [1.82, 2.24) is 0 Å². The third kappa shape index (κ3) is 7.61. The van der Waals surface area contributed by atoms with E-state index in [2.05, 4.69) is 6.92 Å². The van der Waals surface area contributed by atoms with Gasteiger partial charge in [0.05, 0.1) is 18.8 Å². The van der Waals surface area contributed by atoms with Gasteiger partial charge in [0, 0.05) is 0 Å². The topological polar surface area (TPSA) is 44.8 Å². The van der Waals surface area contributed by atoms with Crippen molar-refractivity contribution in [3.63, 3.8) is 0 Å². The Morgan fingerprint density at radius 1 is 0.774 bits per heavy atom. The molecule has 3 rings (SSSR count). The van der Waals surface area contributed by atoms with Crippen molar-refractivity contribution in [1.29, 1.82) is 0 Å². The Hall–Kier alpha value is -2.49. The molecule has 2 aromatic rings. The lowest BCUT2D eigenvalue weighted by Crippen LogP contribution is -2.15. The van der Waals surface area contributed by atoms with E-state index in [9.17, 15) is 4.79 Å². The highest BCUT2D eigenvalue weighted by atomic mass is 16.5. The fourth-order valence-electron chi connectivity index (χ4n) is 4.40. The van der Waals surface area contributed by atoms with E-state index in [1.54, 1.807) is 36.4 Å². The molecule has 2 aromatic carbocycles. The average molecular weight is 425 g/mol. The molecule has 0 N–H and O–H groups in total. The number of carbonyl (C=O) groups excluding carboxylic acids is 1. The van der Waals surface area contributed by atoms with Crippen molar-refractivity contribution in [2.24, 2.45) is 11.8 Å². The van der Waals surface area contributed by atoms with Crippen LogP contribution in [0.5, 0.6) is 17.2 Å². The first-order valence-electron chi connectivity index (χ1n) is 11.9. The van der Waals surface area contributed by atoms with Crippen LogP contribution in [0.15, 0.2) is 48.5 Å². The maximum atomic E-state index is 12.3. The summed E-state index contributed by atoms with van der Waals surface area (Å²) in [5.74, 6) is 3.53. The normalized spacial score (nSPS) is 18.4. The van der Waals surface area contributed by atoms with Crippen molar-refractivity contribution in [3.05, 3.63) is 54.1 Å². The van der Waals surface area contributed by atoms with Gasteiger partial charge in [-0.15, -0.1) is 0 Å². The first-order chi connectivity index (χ1) is 15.2. The number of hydrogen-bond donors (Lipinski definition) is 0. The molecule has 31 heavy (non-hydrogen) atoms. The van der Waals surface area contributed by atoms with Crippen LogP contribution in [0.1, 0.15) is 75.6 Å². The predicted molar refractivity (Wildman–Crippen MR) is 124 cm³/mol. The zero-order valence-corrected chi connectivity index (χ0v) is 19.0. The summed E-state index contributed by atoms with van der Waals surface area (Å²) in [5, 5.41) is 0. The van der Waals surface area contributed by atoms with E-state index in [0.717, 1.165) is 36.4 Å². The van der Waals surface area contributed by atoms with E-state index in [1.165, 1.54) is 44.9 Å².